The number of nitrogens with one attached hydrogen (secondary N) is 1. The molecular formula is C14H18N4O3. The fourth-order valence-corrected chi connectivity index (χ4v) is 2.16. The number of ether oxygens (including phenoxy) is 1. The molecule has 21 heavy (non-hydrogen) atoms. The van der Waals surface area contributed by atoms with E-state index in [1.165, 1.54) is 13.2 Å². The summed E-state index contributed by atoms with van der Waals surface area (Å²) in [5.74, 6) is 0.574. The van der Waals surface area contributed by atoms with Gasteiger partial charge in [0.1, 0.15) is 11.4 Å². The van der Waals surface area contributed by atoms with E-state index < -0.39 is 4.92 Å². The van der Waals surface area contributed by atoms with Crippen molar-refractivity contribution in [1.29, 1.82) is 0 Å². The lowest BCUT2D eigenvalue weighted by Crippen LogP contribution is -2.04. The molecule has 0 aliphatic rings. The number of nitro benzene ring substituents is 1. The topological polar surface area (TPSA) is 82.2 Å². The van der Waals surface area contributed by atoms with E-state index in [2.05, 4.69) is 10.4 Å². The molecule has 1 aromatic carbocycles. The van der Waals surface area contributed by atoms with Crippen LogP contribution in [0.15, 0.2) is 24.4 Å². The van der Waals surface area contributed by atoms with Gasteiger partial charge in [0.25, 0.3) is 5.69 Å². The smallest absolute Gasteiger partial charge is 0.292 e. The van der Waals surface area contributed by atoms with Crippen molar-refractivity contribution in [3.63, 3.8) is 0 Å². The average molecular weight is 290 g/mol. The summed E-state index contributed by atoms with van der Waals surface area (Å²) in [5.41, 5.74) is 2.47. The van der Waals surface area contributed by atoms with Gasteiger partial charge in [0.15, 0.2) is 0 Å². The van der Waals surface area contributed by atoms with Crippen molar-refractivity contribution < 1.29 is 9.66 Å². The van der Waals surface area contributed by atoms with Gasteiger partial charge in [-0.2, -0.15) is 5.10 Å². The van der Waals surface area contributed by atoms with Crippen molar-refractivity contribution >= 4 is 11.4 Å². The van der Waals surface area contributed by atoms with Gasteiger partial charge < -0.3 is 10.1 Å². The summed E-state index contributed by atoms with van der Waals surface area (Å²) >= 11 is 0. The lowest BCUT2D eigenvalue weighted by Gasteiger charge is -2.08. The van der Waals surface area contributed by atoms with Gasteiger partial charge in [0.2, 0.25) is 0 Å². The number of methoxy groups -OCH3 is 1. The van der Waals surface area contributed by atoms with Crippen LogP contribution in [0.3, 0.4) is 0 Å². The largest absolute Gasteiger partial charge is 0.497 e. The molecule has 2 aromatic rings. The van der Waals surface area contributed by atoms with E-state index >= 15 is 0 Å². The summed E-state index contributed by atoms with van der Waals surface area (Å²) < 4.78 is 6.86. The first-order valence-corrected chi connectivity index (χ1v) is 6.62. The SMILES string of the molecule is CCc1nn(C)cc1CNc1cc(OC)ccc1[N+](=O)[O-]. The third-order valence-electron chi connectivity index (χ3n) is 3.20. The summed E-state index contributed by atoms with van der Waals surface area (Å²) in [4.78, 5) is 10.7. The number of rotatable bonds is 6. The Labute approximate surface area is 122 Å². The number of nitrogens with zero attached hydrogens (tertiary/aromatic N) is 3. The molecule has 1 heterocycles. The molecule has 0 aliphatic heterocycles. The summed E-state index contributed by atoms with van der Waals surface area (Å²) in [6.07, 6.45) is 2.73. The maximum atomic E-state index is 11.1. The minimum absolute atomic E-state index is 0.0257. The lowest BCUT2D eigenvalue weighted by atomic mass is 10.2. The summed E-state index contributed by atoms with van der Waals surface area (Å²) in [6, 6.07) is 4.64. The Morgan fingerprint density at radius 2 is 2.24 bits per heavy atom. The summed E-state index contributed by atoms with van der Waals surface area (Å²) in [5, 5.41) is 18.5. The Balaban J connectivity index is 2.23. The number of anilines is 1. The second-order valence-corrected chi connectivity index (χ2v) is 4.62. The predicted molar refractivity (Wildman–Crippen MR) is 79.6 cm³/mol. The average Bonchev–Trinajstić information content (AvgIpc) is 2.84. The van der Waals surface area contributed by atoms with Crippen molar-refractivity contribution in [3.8, 4) is 5.75 Å². The highest BCUT2D eigenvalue weighted by atomic mass is 16.6. The van der Waals surface area contributed by atoms with Crippen LogP contribution >= 0.6 is 0 Å². The van der Waals surface area contributed by atoms with Gasteiger partial charge in [-0.3, -0.25) is 14.8 Å². The van der Waals surface area contributed by atoms with Crippen molar-refractivity contribution in [1.82, 2.24) is 9.78 Å². The number of hydrogen-bond donors (Lipinski definition) is 1. The van der Waals surface area contributed by atoms with Crippen LogP contribution in [-0.2, 0) is 20.0 Å². The van der Waals surface area contributed by atoms with E-state index in [1.54, 1.807) is 16.8 Å². The van der Waals surface area contributed by atoms with E-state index in [9.17, 15) is 10.1 Å². The molecule has 1 N–H and O–H groups in total. The van der Waals surface area contributed by atoms with Crippen LogP contribution in [0.25, 0.3) is 0 Å². The van der Waals surface area contributed by atoms with Crippen LogP contribution in [0.2, 0.25) is 0 Å². The van der Waals surface area contributed by atoms with E-state index in [4.69, 9.17) is 4.74 Å². The second kappa shape index (κ2) is 6.25. The van der Waals surface area contributed by atoms with Crippen molar-refractivity contribution in [2.24, 2.45) is 7.05 Å². The molecule has 112 valence electrons. The van der Waals surface area contributed by atoms with E-state index in [0.29, 0.717) is 18.0 Å². The maximum absolute atomic E-state index is 11.1. The molecule has 0 saturated heterocycles. The zero-order valence-corrected chi connectivity index (χ0v) is 12.3. The normalized spacial score (nSPS) is 10.4. The molecule has 1 aromatic heterocycles. The Bertz CT molecular complexity index is 652. The molecule has 0 atom stereocenters. The molecule has 7 heteroatoms. The minimum Gasteiger partial charge on any atom is -0.497 e. The summed E-state index contributed by atoms with van der Waals surface area (Å²) in [6.45, 7) is 2.50. The first-order chi connectivity index (χ1) is 10.0. The van der Waals surface area contributed by atoms with Gasteiger partial charge in [-0.25, -0.2) is 0 Å². The fourth-order valence-electron chi connectivity index (χ4n) is 2.16. The van der Waals surface area contributed by atoms with Crippen molar-refractivity contribution in [2.75, 3.05) is 12.4 Å². The first-order valence-electron chi connectivity index (χ1n) is 6.62. The van der Waals surface area contributed by atoms with Gasteiger partial charge in [-0.05, 0) is 12.5 Å². The highest BCUT2D eigenvalue weighted by Gasteiger charge is 2.15. The third kappa shape index (κ3) is 3.31. The fraction of sp³-hybridized carbons (Fsp3) is 0.357. The van der Waals surface area contributed by atoms with Crippen LogP contribution in [-0.4, -0.2) is 21.8 Å². The molecule has 2 rings (SSSR count). The molecule has 0 bridgehead atoms. The van der Waals surface area contributed by atoms with Crippen LogP contribution < -0.4 is 10.1 Å². The van der Waals surface area contributed by atoms with Crippen molar-refractivity contribution in [3.05, 3.63) is 45.8 Å². The van der Waals surface area contributed by atoms with Gasteiger partial charge >= 0.3 is 0 Å². The zero-order valence-electron chi connectivity index (χ0n) is 12.3. The standard InChI is InChI=1S/C14H18N4O3/c1-4-12-10(9-17(2)16-12)8-15-13-7-11(21-3)5-6-14(13)18(19)20/h5-7,9,15H,4,8H2,1-3H3. The molecule has 0 radical (unpaired) electrons. The zero-order chi connectivity index (χ0) is 15.4. The highest BCUT2D eigenvalue weighted by Crippen LogP contribution is 2.29. The summed E-state index contributed by atoms with van der Waals surface area (Å²) in [7, 11) is 3.39. The Kier molecular flexibility index (Phi) is 4.42. The predicted octanol–water partition coefficient (Wildman–Crippen LogP) is 2.51. The minimum atomic E-state index is -0.411. The van der Waals surface area contributed by atoms with Crippen LogP contribution in [0.4, 0.5) is 11.4 Å². The van der Waals surface area contributed by atoms with Gasteiger partial charge in [0, 0.05) is 37.5 Å². The molecule has 0 unspecified atom stereocenters. The van der Waals surface area contributed by atoms with Crippen molar-refractivity contribution in [2.45, 2.75) is 19.9 Å². The Morgan fingerprint density at radius 1 is 1.48 bits per heavy atom. The van der Waals surface area contributed by atoms with E-state index in [0.717, 1.165) is 17.7 Å². The molecule has 0 aliphatic carbocycles. The lowest BCUT2D eigenvalue weighted by molar-refractivity contribution is -0.384. The van der Waals surface area contributed by atoms with Gasteiger partial charge in [0.05, 0.1) is 17.7 Å². The Hall–Kier alpha value is -2.57. The molecule has 0 saturated carbocycles. The van der Waals surface area contributed by atoms with Gasteiger partial charge in [-0.15, -0.1) is 0 Å². The molecule has 0 amide bonds. The van der Waals surface area contributed by atoms with Crippen LogP contribution in [0.5, 0.6) is 5.75 Å². The number of aromatic nitrogens is 2. The molecule has 0 fully saturated rings. The van der Waals surface area contributed by atoms with Crippen LogP contribution in [0, 0.1) is 10.1 Å². The van der Waals surface area contributed by atoms with E-state index in [1.807, 2.05) is 20.2 Å². The monoisotopic (exact) mass is 290 g/mol. The van der Waals surface area contributed by atoms with Gasteiger partial charge in [-0.1, -0.05) is 6.92 Å². The number of benzene rings is 1. The molecular weight excluding hydrogens is 272 g/mol. The third-order valence-corrected chi connectivity index (χ3v) is 3.20. The maximum Gasteiger partial charge on any atom is 0.292 e. The Morgan fingerprint density at radius 3 is 2.86 bits per heavy atom. The number of aryl methyl sites for hydroxylation is 2. The molecule has 0 spiro atoms. The van der Waals surface area contributed by atoms with Crippen LogP contribution in [0.1, 0.15) is 18.2 Å². The quantitative estimate of drug-likeness (QED) is 0.653. The number of hydrogen-bond acceptors (Lipinski definition) is 5. The number of nitro groups is 1. The molecule has 7 nitrogen and oxygen atoms in total. The van der Waals surface area contributed by atoms with E-state index in [-0.39, 0.29) is 5.69 Å². The first kappa shape index (κ1) is 14.8. The highest BCUT2D eigenvalue weighted by molar-refractivity contribution is 5.64. The second-order valence-electron chi connectivity index (χ2n) is 4.62.